The van der Waals surface area contributed by atoms with E-state index in [2.05, 4.69) is 16.7 Å². The predicted octanol–water partition coefficient (Wildman–Crippen LogP) is 1.14. The van der Waals surface area contributed by atoms with Gasteiger partial charge >= 0.3 is 0 Å². The van der Waals surface area contributed by atoms with E-state index in [1.165, 1.54) is 25.9 Å². The van der Waals surface area contributed by atoms with Crippen molar-refractivity contribution in [1.82, 2.24) is 9.80 Å². The number of carbonyl (C=O) groups excluding carboxylic acids is 1. The van der Waals surface area contributed by atoms with Gasteiger partial charge in [-0.2, -0.15) is 0 Å². The molecular formula is C12H22N2O. The second-order valence-electron chi connectivity index (χ2n) is 4.78. The molecule has 0 spiro atoms. The van der Waals surface area contributed by atoms with Crippen molar-refractivity contribution in [2.24, 2.45) is 0 Å². The number of carbonyl (C=O) groups is 1. The van der Waals surface area contributed by atoms with Gasteiger partial charge in [-0.25, -0.2) is 0 Å². The Hall–Kier alpha value is -0.410. The summed E-state index contributed by atoms with van der Waals surface area (Å²) in [4.78, 5) is 16.8. The summed E-state index contributed by atoms with van der Waals surface area (Å²) < 4.78 is 0. The van der Waals surface area contributed by atoms with E-state index in [0.717, 1.165) is 32.5 Å². The van der Waals surface area contributed by atoms with Crippen molar-refractivity contribution >= 4 is 5.78 Å². The van der Waals surface area contributed by atoms with Gasteiger partial charge in [0.05, 0.1) is 6.04 Å². The summed E-state index contributed by atoms with van der Waals surface area (Å²) in [7, 11) is 0. The highest BCUT2D eigenvalue weighted by Crippen LogP contribution is 2.18. The molecular weight excluding hydrogens is 188 g/mol. The molecule has 15 heavy (non-hydrogen) atoms. The third kappa shape index (κ3) is 2.58. The highest BCUT2D eigenvalue weighted by Gasteiger charge is 2.35. The number of ketones is 1. The van der Waals surface area contributed by atoms with Crippen molar-refractivity contribution in [2.45, 2.75) is 38.6 Å². The molecule has 0 aromatic carbocycles. The Balaban J connectivity index is 1.80. The first-order valence-corrected chi connectivity index (χ1v) is 6.30. The molecule has 0 amide bonds. The zero-order chi connectivity index (χ0) is 10.7. The Morgan fingerprint density at radius 1 is 1.20 bits per heavy atom. The monoisotopic (exact) mass is 210 g/mol. The number of piperazine rings is 3. The molecule has 3 heteroatoms. The van der Waals surface area contributed by atoms with E-state index in [-0.39, 0.29) is 6.04 Å². The minimum Gasteiger partial charge on any atom is -0.299 e. The zero-order valence-corrected chi connectivity index (χ0v) is 9.74. The largest absolute Gasteiger partial charge is 0.299 e. The molecule has 0 saturated carbocycles. The number of hydrogen-bond acceptors (Lipinski definition) is 3. The molecule has 3 saturated heterocycles. The molecule has 3 rings (SSSR count). The van der Waals surface area contributed by atoms with Crippen molar-refractivity contribution in [2.75, 3.05) is 32.7 Å². The van der Waals surface area contributed by atoms with Gasteiger partial charge in [-0.05, 0) is 6.42 Å². The fourth-order valence-corrected chi connectivity index (χ4v) is 2.64. The smallest absolute Gasteiger partial charge is 0.151 e. The van der Waals surface area contributed by atoms with Crippen LogP contribution in [0.1, 0.15) is 32.6 Å². The molecule has 0 N–H and O–H groups in total. The van der Waals surface area contributed by atoms with Crippen LogP contribution >= 0.6 is 0 Å². The van der Waals surface area contributed by atoms with E-state index in [1.54, 1.807) is 0 Å². The SMILES string of the molecule is CCCCCC(=O)C1CN2CCN1CC2. The second kappa shape index (κ2) is 5.08. The quantitative estimate of drug-likeness (QED) is 0.636. The first-order valence-electron chi connectivity index (χ1n) is 6.30. The summed E-state index contributed by atoms with van der Waals surface area (Å²) in [5.41, 5.74) is 0. The van der Waals surface area contributed by atoms with Crippen molar-refractivity contribution in [3.8, 4) is 0 Å². The topological polar surface area (TPSA) is 23.6 Å². The number of fused-ring (bicyclic) bond motifs is 3. The summed E-state index contributed by atoms with van der Waals surface area (Å²) in [6.07, 6.45) is 4.28. The summed E-state index contributed by atoms with van der Waals surface area (Å²) in [5.74, 6) is 0.479. The summed E-state index contributed by atoms with van der Waals surface area (Å²) in [6, 6.07) is 0.226. The summed E-state index contributed by atoms with van der Waals surface area (Å²) >= 11 is 0. The van der Waals surface area contributed by atoms with Crippen LogP contribution in [0.5, 0.6) is 0 Å². The highest BCUT2D eigenvalue weighted by atomic mass is 16.1. The lowest BCUT2D eigenvalue weighted by atomic mass is 9.99. The van der Waals surface area contributed by atoms with Gasteiger partial charge in [-0.3, -0.25) is 14.6 Å². The van der Waals surface area contributed by atoms with E-state index >= 15 is 0 Å². The number of unbranched alkanes of at least 4 members (excludes halogenated alkanes) is 2. The molecule has 1 atom stereocenters. The van der Waals surface area contributed by atoms with Crippen molar-refractivity contribution in [1.29, 1.82) is 0 Å². The van der Waals surface area contributed by atoms with Gasteiger partial charge in [0.25, 0.3) is 0 Å². The lowest BCUT2D eigenvalue weighted by Gasteiger charge is -2.46. The fourth-order valence-electron chi connectivity index (χ4n) is 2.64. The molecule has 2 bridgehead atoms. The normalized spacial score (nSPS) is 34.3. The molecule has 1 unspecified atom stereocenters. The standard InChI is InChI=1S/C12H22N2O/c1-2-3-4-5-12(15)11-10-13-6-8-14(11)9-7-13/h11H,2-10H2,1H3. The second-order valence-corrected chi connectivity index (χ2v) is 4.78. The summed E-state index contributed by atoms with van der Waals surface area (Å²) in [6.45, 7) is 7.71. The number of Topliss-reactive ketones (excluding diaryl/α,β-unsaturated/α-hetero) is 1. The first-order chi connectivity index (χ1) is 7.31. The molecule has 3 nitrogen and oxygen atoms in total. The lowest BCUT2D eigenvalue weighted by molar-refractivity contribution is -0.129. The van der Waals surface area contributed by atoms with Crippen molar-refractivity contribution in [3.05, 3.63) is 0 Å². The van der Waals surface area contributed by atoms with Crippen LogP contribution in [0.2, 0.25) is 0 Å². The minimum absolute atomic E-state index is 0.226. The molecule has 0 aromatic rings. The minimum atomic E-state index is 0.226. The average Bonchev–Trinajstić information content (AvgIpc) is 2.30. The maximum atomic E-state index is 12.0. The van der Waals surface area contributed by atoms with Crippen LogP contribution in [-0.2, 0) is 4.79 Å². The van der Waals surface area contributed by atoms with Crippen LogP contribution < -0.4 is 0 Å². The van der Waals surface area contributed by atoms with Crippen molar-refractivity contribution in [3.63, 3.8) is 0 Å². The van der Waals surface area contributed by atoms with Gasteiger partial charge in [-0.15, -0.1) is 0 Å². The zero-order valence-electron chi connectivity index (χ0n) is 9.74. The van der Waals surface area contributed by atoms with Crippen LogP contribution in [-0.4, -0.2) is 54.3 Å². The lowest BCUT2D eigenvalue weighted by Crippen LogP contribution is -2.63. The van der Waals surface area contributed by atoms with E-state index in [4.69, 9.17) is 0 Å². The Morgan fingerprint density at radius 3 is 2.47 bits per heavy atom. The Kier molecular flexibility index (Phi) is 3.76. The molecule has 0 aliphatic carbocycles. The van der Waals surface area contributed by atoms with Gasteiger partial charge in [0.1, 0.15) is 0 Å². The van der Waals surface area contributed by atoms with Gasteiger partial charge in [-0.1, -0.05) is 19.8 Å². The van der Waals surface area contributed by atoms with E-state index in [9.17, 15) is 4.79 Å². The number of hydrogen-bond donors (Lipinski definition) is 0. The van der Waals surface area contributed by atoms with Crippen LogP contribution in [0, 0.1) is 0 Å². The Bertz CT molecular complexity index is 222. The van der Waals surface area contributed by atoms with Gasteiger partial charge in [0.2, 0.25) is 0 Å². The molecule has 0 aromatic heterocycles. The predicted molar refractivity (Wildman–Crippen MR) is 61.0 cm³/mol. The van der Waals surface area contributed by atoms with E-state index < -0.39 is 0 Å². The highest BCUT2D eigenvalue weighted by molar-refractivity contribution is 5.84. The number of nitrogens with zero attached hydrogens (tertiary/aromatic N) is 2. The molecule has 0 radical (unpaired) electrons. The van der Waals surface area contributed by atoms with Crippen molar-refractivity contribution < 1.29 is 4.79 Å². The van der Waals surface area contributed by atoms with Crippen LogP contribution in [0.4, 0.5) is 0 Å². The van der Waals surface area contributed by atoms with Gasteiger partial charge < -0.3 is 0 Å². The fraction of sp³-hybridized carbons (Fsp3) is 0.917. The average molecular weight is 210 g/mol. The third-order valence-corrected chi connectivity index (χ3v) is 3.68. The van der Waals surface area contributed by atoms with Crippen LogP contribution in [0.15, 0.2) is 0 Å². The Labute approximate surface area is 92.4 Å². The van der Waals surface area contributed by atoms with Gasteiger partial charge in [0, 0.05) is 39.1 Å². The molecule has 3 heterocycles. The van der Waals surface area contributed by atoms with E-state index in [1.807, 2.05) is 0 Å². The molecule has 3 aliphatic rings. The Morgan fingerprint density at radius 2 is 1.93 bits per heavy atom. The van der Waals surface area contributed by atoms with E-state index in [0.29, 0.717) is 5.78 Å². The van der Waals surface area contributed by atoms with Gasteiger partial charge in [0.15, 0.2) is 5.78 Å². The van der Waals surface area contributed by atoms with Crippen LogP contribution in [0.3, 0.4) is 0 Å². The maximum Gasteiger partial charge on any atom is 0.151 e. The maximum absolute atomic E-state index is 12.0. The molecule has 86 valence electrons. The third-order valence-electron chi connectivity index (χ3n) is 3.68. The molecule has 3 aliphatic heterocycles. The summed E-state index contributed by atoms with van der Waals surface area (Å²) in [5, 5.41) is 0. The molecule has 3 fully saturated rings. The van der Waals surface area contributed by atoms with Crippen LogP contribution in [0.25, 0.3) is 0 Å². The number of rotatable bonds is 5. The first kappa shape index (κ1) is 11.1.